The van der Waals surface area contributed by atoms with Crippen molar-refractivity contribution in [1.82, 2.24) is 0 Å². The van der Waals surface area contributed by atoms with Gasteiger partial charge in [-0.05, 0) is 12.1 Å². The maximum Gasteiger partial charge on any atom is 0.153 e. The lowest BCUT2D eigenvalue weighted by molar-refractivity contribution is 0.112. The Bertz CT molecular complexity index is 525. The Kier molecular flexibility index (Phi) is 4.80. The first kappa shape index (κ1) is 14.3. The third-order valence-electron chi connectivity index (χ3n) is 1.86. The number of halogens is 2. The lowest BCUT2D eigenvalue weighted by Gasteiger charge is -2.10. The van der Waals surface area contributed by atoms with Crippen molar-refractivity contribution in [2.24, 2.45) is 0 Å². The molecule has 0 heterocycles. The fraction of sp³-hybridized carbons (Fsp3) is 0.300. The van der Waals surface area contributed by atoms with E-state index in [2.05, 4.69) is 0 Å². The second-order valence-electron chi connectivity index (χ2n) is 3.40. The highest BCUT2D eigenvalue weighted by atomic mass is 35.5. The molecule has 0 N–H and O–H groups in total. The van der Waals surface area contributed by atoms with Gasteiger partial charge < -0.3 is 4.74 Å². The van der Waals surface area contributed by atoms with Crippen molar-refractivity contribution in [1.29, 1.82) is 0 Å². The van der Waals surface area contributed by atoms with Gasteiger partial charge in [0.1, 0.15) is 12.4 Å². The molecule has 0 aliphatic rings. The van der Waals surface area contributed by atoms with Crippen LogP contribution in [0.25, 0.3) is 0 Å². The van der Waals surface area contributed by atoms with Crippen LogP contribution >= 0.6 is 23.2 Å². The number of sulfone groups is 1. The number of aldehydes is 1. The van der Waals surface area contributed by atoms with Crippen molar-refractivity contribution < 1.29 is 17.9 Å². The Balaban J connectivity index is 2.87. The number of rotatable bonds is 5. The van der Waals surface area contributed by atoms with Gasteiger partial charge in [-0.15, -0.1) is 0 Å². The molecule has 0 unspecified atom stereocenters. The summed E-state index contributed by atoms with van der Waals surface area (Å²) in [6.07, 6.45) is 1.65. The number of carbonyl (C=O) groups excluding carboxylic acids is 1. The van der Waals surface area contributed by atoms with Crippen LogP contribution in [0.2, 0.25) is 10.0 Å². The van der Waals surface area contributed by atoms with E-state index >= 15 is 0 Å². The molecule has 0 saturated carbocycles. The van der Waals surface area contributed by atoms with Crippen LogP contribution < -0.4 is 4.74 Å². The van der Waals surface area contributed by atoms with E-state index in [1.54, 1.807) is 0 Å². The molecule has 1 aromatic carbocycles. The molecule has 0 fully saturated rings. The zero-order chi connectivity index (χ0) is 13.1. The predicted molar refractivity (Wildman–Crippen MR) is 67.1 cm³/mol. The van der Waals surface area contributed by atoms with Crippen molar-refractivity contribution >= 4 is 39.3 Å². The summed E-state index contributed by atoms with van der Waals surface area (Å²) >= 11 is 11.6. The zero-order valence-corrected chi connectivity index (χ0v) is 11.3. The Hall–Kier alpha value is -0.780. The quantitative estimate of drug-likeness (QED) is 0.782. The average Bonchev–Trinajstić information content (AvgIpc) is 2.18. The maximum absolute atomic E-state index is 10.9. The molecule has 0 spiro atoms. The first-order valence-electron chi connectivity index (χ1n) is 4.58. The van der Waals surface area contributed by atoms with Crippen molar-refractivity contribution in [2.75, 3.05) is 18.6 Å². The van der Waals surface area contributed by atoms with Gasteiger partial charge in [0.25, 0.3) is 0 Å². The summed E-state index contributed by atoms with van der Waals surface area (Å²) in [5, 5.41) is 0.487. The second kappa shape index (κ2) is 5.71. The minimum Gasteiger partial charge on any atom is -0.490 e. The zero-order valence-electron chi connectivity index (χ0n) is 8.94. The molecule has 7 heteroatoms. The third-order valence-corrected chi connectivity index (χ3v) is 3.27. The predicted octanol–water partition coefficient (Wildman–Crippen LogP) is 2.23. The Morgan fingerprint density at radius 1 is 1.35 bits per heavy atom. The SMILES string of the molecule is CS(=O)(=O)CCOc1c(Cl)cc(Cl)cc1C=O. The molecule has 0 amide bonds. The lowest BCUT2D eigenvalue weighted by Crippen LogP contribution is -2.13. The molecule has 0 atom stereocenters. The Labute approximate surface area is 109 Å². The van der Waals surface area contributed by atoms with Gasteiger partial charge in [-0.1, -0.05) is 23.2 Å². The first-order valence-corrected chi connectivity index (χ1v) is 7.40. The maximum atomic E-state index is 10.9. The van der Waals surface area contributed by atoms with Crippen molar-refractivity contribution in [3.05, 3.63) is 27.7 Å². The highest BCUT2D eigenvalue weighted by molar-refractivity contribution is 7.90. The van der Waals surface area contributed by atoms with Gasteiger partial charge in [0, 0.05) is 11.3 Å². The van der Waals surface area contributed by atoms with Gasteiger partial charge >= 0.3 is 0 Å². The third kappa shape index (κ3) is 4.53. The highest BCUT2D eigenvalue weighted by Crippen LogP contribution is 2.31. The molecule has 0 aliphatic carbocycles. The first-order chi connectivity index (χ1) is 7.83. The molecule has 0 aromatic heterocycles. The van der Waals surface area contributed by atoms with Crippen LogP contribution in [0.3, 0.4) is 0 Å². The van der Waals surface area contributed by atoms with Crippen LogP contribution in [0.4, 0.5) is 0 Å². The number of hydrogen-bond acceptors (Lipinski definition) is 4. The summed E-state index contributed by atoms with van der Waals surface area (Å²) in [6.45, 7) is -0.0684. The largest absolute Gasteiger partial charge is 0.490 e. The fourth-order valence-corrected chi connectivity index (χ4v) is 2.06. The molecule has 0 aliphatic heterocycles. The van der Waals surface area contributed by atoms with Gasteiger partial charge in [0.15, 0.2) is 16.1 Å². The minimum absolute atomic E-state index is 0.0684. The van der Waals surface area contributed by atoms with E-state index < -0.39 is 9.84 Å². The van der Waals surface area contributed by atoms with E-state index in [-0.39, 0.29) is 28.7 Å². The normalized spacial score (nSPS) is 11.2. The van der Waals surface area contributed by atoms with Crippen molar-refractivity contribution in [2.45, 2.75) is 0 Å². The molecule has 1 rings (SSSR count). The smallest absolute Gasteiger partial charge is 0.153 e. The fourth-order valence-electron chi connectivity index (χ4n) is 1.12. The van der Waals surface area contributed by atoms with E-state index in [0.29, 0.717) is 11.3 Å². The van der Waals surface area contributed by atoms with Crippen LogP contribution in [-0.2, 0) is 9.84 Å². The minimum atomic E-state index is -3.12. The van der Waals surface area contributed by atoms with Gasteiger partial charge in [-0.2, -0.15) is 0 Å². The van der Waals surface area contributed by atoms with Crippen LogP contribution in [0.1, 0.15) is 10.4 Å². The monoisotopic (exact) mass is 296 g/mol. The van der Waals surface area contributed by atoms with E-state index in [1.165, 1.54) is 12.1 Å². The number of hydrogen-bond donors (Lipinski definition) is 0. The topological polar surface area (TPSA) is 60.4 Å². The molecule has 0 radical (unpaired) electrons. The summed E-state index contributed by atoms with van der Waals surface area (Å²) in [4.78, 5) is 10.8. The van der Waals surface area contributed by atoms with Crippen molar-refractivity contribution in [3.63, 3.8) is 0 Å². The molecule has 1 aromatic rings. The molecular weight excluding hydrogens is 287 g/mol. The van der Waals surface area contributed by atoms with Gasteiger partial charge in [0.2, 0.25) is 0 Å². The molecule has 0 bridgehead atoms. The van der Waals surface area contributed by atoms with Gasteiger partial charge in [0.05, 0.1) is 16.3 Å². The molecule has 17 heavy (non-hydrogen) atoms. The molecule has 94 valence electrons. The van der Waals surface area contributed by atoms with Gasteiger partial charge in [-0.25, -0.2) is 8.42 Å². The van der Waals surface area contributed by atoms with Crippen molar-refractivity contribution in [3.8, 4) is 5.75 Å². The number of ether oxygens (including phenoxy) is 1. The van der Waals surface area contributed by atoms with Crippen LogP contribution in [0.5, 0.6) is 5.75 Å². The lowest BCUT2D eigenvalue weighted by atomic mass is 10.2. The standard InChI is InChI=1S/C10H10Cl2O4S/c1-17(14,15)3-2-16-10-7(6-13)4-8(11)5-9(10)12/h4-6H,2-3H2,1H3. The van der Waals surface area contributed by atoms with E-state index in [0.717, 1.165) is 6.26 Å². The van der Waals surface area contributed by atoms with Crippen LogP contribution in [0.15, 0.2) is 12.1 Å². The Morgan fingerprint density at radius 3 is 2.53 bits per heavy atom. The second-order valence-corrected chi connectivity index (χ2v) is 6.51. The summed E-state index contributed by atoms with van der Waals surface area (Å²) in [6, 6.07) is 2.82. The van der Waals surface area contributed by atoms with Gasteiger partial charge in [-0.3, -0.25) is 4.79 Å². The average molecular weight is 297 g/mol. The summed E-state index contributed by atoms with van der Waals surface area (Å²) in [7, 11) is -3.12. The Morgan fingerprint density at radius 2 is 2.00 bits per heavy atom. The summed E-state index contributed by atoms with van der Waals surface area (Å²) in [5.41, 5.74) is 0.191. The van der Waals surface area contributed by atoms with Crippen LogP contribution in [-0.4, -0.2) is 33.3 Å². The summed E-state index contributed by atoms with van der Waals surface area (Å²) in [5.74, 6) is -0.000673. The highest BCUT2D eigenvalue weighted by Gasteiger charge is 2.11. The van der Waals surface area contributed by atoms with E-state index in [1.807, 2.05) is 0 Å². The number of carbonyl (C=O) groups is 1. The van der Waals surface area contributed by atoms with E-state index in [4.69, 9.17) is 27.9 Å². The summed E-state index contributed by atoms with van der Waals surface area (Å²) < 4.78 is 27.0. The molecule has 0 saturated heterocycles. The van der Waals surface area contributed by atoms with Crippen LogP contribution in [0, 0.1) is 0 Å². The van der Waals surface area contributed by atoms with E-state index in [9.17, 15) is 13.2 Å². The number of benzene rings is 1. The molecule has 4 nitrogen and oxygen atoms in total. The molecular formula is C10H10Cl2O4S.